The predicted octanol–water partition coefficient (Wildman–Crippen LogP) is 2.89. The van der Waals surface area contributed by atoms with Crippen molar-refractivity contribution in [1.29, 1.82) is 0 Å². The van der Waals surface area contributed by atoms with Gasteiger partial charge in [0.25, 0.3) is 0 Å². The van der Waals surface area contributed by atoms with E-state index in [4.69, 9.17) is 0 Å². The average molecular weight is 226 g/mol. The van der Waals surface area contributed by atoms with Crippen molar-refractivity contribution in [3.8, 4) is 0 Å². The second-order valence-electron chi connectivity index (χ2n) is 5.69. The fourth-order valence-corrected chi connectivity index (χ4v) is 2.44. The number of nitrogens with zero attached hydrogens (tertiary/aromatic N) is 1. The van der Waals surface area contributed by atoms with E-state index in [0.717, 1.165) is 12.0 Å². The van der Waals surface area contributed by atoms with Gasteiger partial charge in [-0.1, -0.05) is 39.5 Å². The highest BCUT2D eigenvalue weighted by molar-refractivity contribution is 4.75. The number of hydrogen-bond acceptors (Lipinski definition) is 2. The number of unbranched alkanes of at least 4 members (excludes halogenated alkanes) is 3. The van der Waals surface area contributed by atoms with Crippen LogP contribution in [-0.4, -0.2) is 37.1 Å². The molecule has 1 fully saturated rings. The van der Waals surface area contributed by atoms with Crippen LogP contribution in [0.3, 0.4) is 0 Å². The van der Waals surface area contributed by atoms with Gasteiger partial charge < -0.3 is 5.32 Å². The Morgan fingerprint density at radius 1 is 1.19 bits per heavy atom. The molecule has 96 valence electrons. The Hall–Kier alpha value is -0.0800. The third-order valence-corrected chi connectivity index (χ3v) is 3.62. The van der Waals surface area contributed by atoms with E-state index in [1.165, 1.54) is 58.3 Å². The van der Waals surface area contributed by atoms with Gasteiger partial charge in [0.1, 0.15) is 0 Å². The van der Waals surface area contributed by atoms with Crippen molar-refractivity contribution in [3.05, 3.63) is 0 Å². The summed E-state index contributed by atoms with van der Waals surface area (Å²) in [5.41, 5.74) is 0. The highest BCUT2D eigenvalue weighted by Gasteiger charge is 2.16. The van der Waals surface area contributed by atoms with Crippen molar-refractivity contribution in [1.82, 2.24) is 10.2 Å². The Morgan fingerprint density at radius 2 is 1.94 bits per heavy atom. The summed E-state index contributed by atoms with van der Waals surface area (Å²) in [5.74, 6) is 0.883. The van der Waals surface area contributed by atoms with Gasteiger partial charge in [0.2, 0.25) is 0 Å². The number of piperazine rings is 1. The van der Waals surface area contributed by atoms with Gasteiger partial charge in [-0.05, 0) is 25.8 Å². The van der Waals surface area contributed by atoms with Crippen LogP contribution in [0.15, 0.2) is 0 Å². The lowest BCUT2D eigenvalue weighted by atomic mass is 10.0. The van der Waals surface area contributed by atoms with Gasteiger partial charge in [-0.25, -0.2) is 0 Å². The summed E-state index contributed by atoms with van der Waals surface area (Å²) in [4.78, 5) is 2.64. The average Bonchev–Trinajstić information content (AvgIpc) is 2.25. The molecular formula is C14H30N2. The first-order valence-corrected chi connectivity index (χ1v) is 7.15. The van der Waals surface area contributed by atoms with E-state index in [1.807, 2.05) is 0 Å². The molecule has 2 nitrogen and oxygen atoms in total. The standard InChI is InChI=1S/C14H30N2/c1-13(2)8-6-4-5-7-10-16-11-9-15-12-14(16)3/h13-15H,4-12H2,1-3H3. The van der Waals surface area contributed by atoms with Crippen LogP contribution in [0, 0.1) is 5.92 Å². The van der Waals surface area contributed by atoms with E-state index >= 15 is 0 Å². The van der Waals surface area contributed by atoms with E-state index in [2.05, 4.69) is 31.0 Å². The molecule has 1 unspecified atom stereocenters. The maximum atomic E-state index is 3.45. The van der Waals surface area contributed by atoms with Crippen LogP contribution in [0.1, 0.15) is 52.9 Å². The first-order chi connectivity index (χ1) is 7.70. The fraction of sp³-hybridized carbons (Fsp3) is 1.00. The molecule has 1 heterocycles. The SMILES string of the molecule is CC(C)CCCCCCN1CCNCC1C. The van der Waals surface area contributed by atoms with Crippen LogP contribution in [0.25, 0.3) is 0 Å². The molecule has 0 amide bonds. The molecule has 1 rings (SSSR count). The topological polar surface area (TPSA) is 15.3 Å². The minimum Gasteiger partial charge on any atom is -0.314 e. The Morgan fingerprint density at radius 3 is 2.62 bits per heavy atom. The number of rotatable bonds is 7. The summed E-state index contributed by atoms with van der Waals surface area (Å²) in [6.45, 7) is 11.9. The summed E-state index contributed by atoms with van der Waals surface area (Å²) in [7, 11) is 0. The molecule has 1 saturated heterocycles. The minimum atomic E-state index is 0.740. The largest absolute Gasteiger partial charge is 0.314 e. The van der Waals surface area contributed by atoms with Crippen molar-refractivity contribution in [2.45, 2.75) is 58.9 Å². The summed E-state index contributed by atoms with van der Waals surface area (Å²) < 4.78 is 0. The molecule has 1 atom stereocenters. The quantitative estimate of drug-likeness (QED) is 0.672. The molecule has 0 bridgehead atoms. The van der Waals surface area contributed by atoms with Crippen LogP contribution >= 0.6 is 0 Å². The summed E-state index contributed by atoms with van der Waals surface area (Å²) >= 11 is 0. The van der Waals surface area contributed by atoms with Gasteiger partial charge in [0, 0.05) is 25.7 Å². The van der Waals surface area contributed by atoms with Crippen LogP contribution in [0.4, 0.5) is 0 Å². The first-order valence-electron chi connectivity index (χ1n) is 7.15. The van der Waals surface area contributed by atoms with E-state index < -0.39 is 0 Å². The van der Waals surface area contributed by atoms with Gasteiger partial charge in [0.15, 0.2) is 0 Å². The van der Waals surface area contributed by atoms with Gasteiger partial charge in [-0.2, -0.15) is 0 Å². The Bertz CT molecular complexity index is 168. The first kappa shape index (κ1) is 14.0. The normalized spacial score (nSPS) is 22.9. The molecule has 1 aliphatic heterocycles. The lowest BCUT2D eigenvalue weighted by Gasteiger charge is -2.33. The Kier molecular flexibility index (Phi) is 7.06. The zero-order valence-electron chi connectivity index (χ0n) is 11.5. The smallest absolute Gasteiger partial charge is 0.0192 e. The molecule has 0 aromatic carbocycles. The highest BCUT2D eigenvalue weighted by Crippen LogP contribution is 2.11. The maximum Gasteiger partial charge on any atom is 0.0192 e. The fourth-order valence-electron chi connectivity index (χ4n) is 2.44. The molecular weight excluding hydrogens is 196 g/mol. The van der Waals surface area contributed by atoms with Crippen LogP contribution in [0.2, 0.25) is 0 Å². The van der Waals surface area contributed by atoms with Gasteiger partial charge in [0.05, 0.1) is 0 Å². The molecule has 0 saturated carbocycles. The zero-order valence-corrected chi connectivity index (χ0v) is 11.5. The van der Waals surface area contributed by atoms with Gasteiger partial charge in [-0.15, -0.1) is 0 Å². The maximum absolute atomic E-state index is 3.45. The molecule has 0 aliphatic carbocycles. The van der Waals surface area contributed by atoms with Crippen molar-refractivity contribution < 1.29 is 0 Å². The summed E-state index contributed by atoms with van der Waals surface area (Å²) in [6.07, 6.45) is 7.07. The Balaban J connectivity index is 1.94. The molecule has 2 heteroatoms. The molecule has 0 spiro atoms. The predicted molar refractivity (Wildman–Crippen MR) is 71.8 cm³/mol. The second kappa shape index (κ2) is 8.08. The van der Waals surface area contributed by atoms with Crippen molar-refractivity contribution in [3.63, 3.8) is 0 Å². The van der Waals surface area contributed by atoms with E-state index in [1.54, 1.807) is 0 Å². The van der Waals surface area contributed by atoms with E-state index in [-0.39, 0.29) is 0 Å². The van der Waals surface area contributed by atoms with Crippen molar-refractivity contribution in [2.24, 2.45) is 5.92 Å². The zero-order chi connectivity index (χ0) is 11.8. The van der Waals surface area contributed by atoms with Gasteiger partial charge in [-0.3, -0.25) is 4.90 Å². The molecule has 0 radical (unpaired) electrons. The molecule has 0 aromatic rings. The molecule has 0 aromatic heterocycles. The minimum absolute atomic E-state index is 0.740. The molecule has 1 aliphatic rings. The number of nitrogens with one attached hydrogen (secondary N) is 1. The monoisotopic (exact) mass is 226 g/mol. The van der Waals surface area contributed by atoms with Crippen molar-refractivity contribution in [2.75, 3.05) is 26.2 Å². The van der Waals surface area contributed by atoms with E-state index in [9.17, 15) is 0 Å². The van der Waals surface area contributed by atoms with Crippen molar-refractivity contribution >= 4 is 0 Å². The third kappa shape index (κ3) is 5.86. The van der Waals surface area contributed by atoms with Gasteiger partial charge >= 0.3 is 0 Å². The molecule has 16 heavy (non-hydrogen) atoms. The lowest BCUT2D eigenvalue weighted by Crippen LogP contribution is -2.49. The Labute approximate surface area is 102 Å². The van der Waals surface area contributed by atoms with E-state index in [0.29, 0.717) is 0 Å². The number of hydrogen-bond donors (Lipinski definition) is 1. The van der Waals surface area contributed by atoms with Crippen LogP contribution < -0.4 is 5.32 Å². The van der Waals surface area contributed by atoms with Crippen LogP contribution in [0.5, 0.6) is 0 Å². The third-order valence-electron chi connectivity index (χ3n) is 3.62. The highest BCUT2D eigenvalue weighted by atomic mass is 15.2. The summed E-state index contributed by atoms with van der Waals surface area (Å²) in [6, 6.07) is 0.740. The lowest BCUT2D eigenvalue weighted by molar-refractivity contribution is 0.170. The summed E-state index contributed by atoms with van der Waals surface area (Å²) in [5, 5.41) is 3.45. The second-order valence-corrected chi connectivity index (χ2v) is 5.69. The van der Waals surface area contributed by atoms with Crippen LogP contribution in [-0.2, 0) is 0 Å². The molecule has 1 N–H and O–H groups in total.